The fourth-order valence-electron chi connectivity index (χ4n) is 0.530. The van der Waals surface area contributed by atoms with Crippen molar-refractivity contribution in [2.75, 3.05) is 0 Å². The molecule has 0 N–H and O–H groups in total. The lowest BCUT2D eigenvalue weighted by molar-refractivity contribution is 0.605. The third-order valence-electron chi connectivity index (χ3n) is 1.38. The molecule has 0 aliphatic rings. The van der Waals surface area contributed by atoms with Crippen molar-refractivity contribution in [2.24, 2.45) is 0 Å². The zero-order chi connectivity index (χ0) is 8.20. The zero-order valence-corrected chi connectivity index (χ0v) is 7.97. The van der Waals surface area contributed by atoms with Gasteiger partial charge in [0.15, 0.2) is 0 Å². The molecule has 60 valence electrons. The fraction of sp³-hybridized carbons (Fsp3) is 0.714. The summed E-state index contributed by atoms with van der Waals surface area (Å²) >= 11 is 0. The molecule has 0 saturated carbocycles. The Labute approximate surface area is 69.4 Å². The summed E-state index contributed by atoms with van der Waals surface area (Å²) in [5.41, 5.74) is 0. The topological polar surface area (TPSA) is 17.1 Å². The van der Waals surface area contributed by atoms with Gasteiger partial charge in [0.1, 0.15) is 10.0 Å². The van der Waals surface area contributed by atoms with E-state index in [0.717, 1.165) is 12.8 Å². The first-order valence-electron chi connectivity index (χ1n) is 3.20. The summed E-state index contributed by atoms with van der Waals surface area (Å²) in [6.45, 7) is 7.36. The summed E-state index contributed by atoms with van der Waals surface area (Å²) in [4.78, 5) is 0. The maximum Gasteiger partial charge on any atom is 0.120 e. The lowest BCUT2D eigenvalue weighted by atomic mass is 10.1. The molecule has 1 atom stereocenters. The summed E-state index contributed by atoms with van der Waals surface area (Å²) in [7, 11) is 4.19. The molecule has 0 radical (unpaired) electrons. The van der Waals surface area contributed by atoms with E-state index in [9.17, 15) is 4.21 Å². The molecule has 10 heavy (non-hydrogen) atoms. The molecular formula is C7H13ClOS. The van der Waals surface area contributed by atoms with E-state index < -0.39 is 10.0 Å². The third kappa shape index (κ3) is 3.37. The van der Waals surface area contributed by atoms with Crippen LogP contribution in [-0.2, 0) is 10.0 Å². The maximum atomic E-state index is 10.8. The largest absolute Gasteiger partial charge is 0.242 e. The highest BCUT2D eigenvalue weighted by Crippen LogP contribution is 2.21. The minimum atomic E-state index is -1.25. The van der Waals surface area contributed by atoms with Crippen molar-refractivity contribution in [3.63, 3.8) is 0 Å². The van der Waals surface area contributed by atoms with Crippen LogP contribution in [0, 0.1) is 0 Å². The van der Waals surface area contributed by atoms with Crippen molar-refractivity contribution >= 4 is 20.7 Å². The standard InChI is InChI=1S/C7H13ClOS/c1-4-5-6-7(2,3)10(8)9/h4H,1,5-6H2,2-3H3/t10-/m1/s1. The number of rotatable bonds is 4. The van der Waals surface area contributed by atoms with E-state index in [4.69, 9.17) is 10.7 Å². The van der Waals surface area contributed by atoms with E-state index in [1.165, 1.54) is 0 Å². The predicted octanol–water partition coefficient (Wildman–Crippen LogP) is 2.63. The molecule has 0 aromatic rings. The molecule has 3 heteroatoms. The van der Waals surface area contributed by atoms with Gasteiger partial charge in [0.25, 0.3) is 0 Å². The molecule has 0 rings (SSSR count). The molecule has 0 bridgehead atoms. The Morgan fingerprint density at radius 3 is 2.50 bits per heavy atom. The number of hydrogen-bond donors (Lipinski definition) is 0. The molecule has 0 aromatic carbocycles. The van der Waals surface area contributed by atoms with Crippen molar-refractivity contribution < 1.29 is 4.21 Å². The van der Waals surface area contributed by atoms with Crippen molar-refractivity contribution in [1.29, 1.82) is 0 Å². The second-order valence-corrected chi connectivity index (χ2v) is 5.20. The Hall–Kier alpha value is 0.180. The first kappa shape index (κ1) is 10.2. The van der Waals surface area contributed by atoms with Crippen molar-refractivity contribution in [3.8, 4) is 0 Å². The monoisotopic (exact) mass is 180 g/mol. The minimum absolute atomic E-state index is 0.282. The van der Waals surface area contributed by atoms with E-state index in [0.29, 0.717) is 0 Å². The molecule has 1 nitrogen and oxygen atoms in total. The second kappa shape index (κ2) is 4.14. The van der Waals surface area contributed by atoms with Crippen LogP contribution in [0.25, 0.3) is 0 Å². The zero-order valence-electron chi connectivity index (χ0n) is 6.39. The van der Waals surface area contributed by atoms with Gasteiger partial charge in [0, 0.05) is 0 Å². The lowest BCUT2D eigenvalue weighted by Crippen LogP contribution is -2.22. The molecule has 0 spiro atoms. The molecule has 0 saturated heterocycles. The van der Waals surface area contributed by atoms with Gasteiger partial charge in [-0.3, -0.25) is 0 Å². The molecule has 0 heterocycles. The van der Waals surface area contributed by atoms with Gasteiger partial charge < -0.3 is 0 Å². The Morgan fingerprint density at radius 2 is 2.20 bits per heavy atom. The van der Waals surface area contributed by atoms with Gasteiger partial charge in [-0.15, -0.1) is 6.58 Å². The smallest absolute Gasteiger partial charge is 0.120 e. The fourth-order valence-corrected chi connectivity index (χ4v) is 1.04. The summed E-state index contributed by atoms with van der Waals surface area (Å²) in [6.07, 6.45) is 3.50. The highest BCUT2D eigenvalue weighted by Gasteiger charge is 2.22. The normalized spacial score (nSPS) is 14.7. The minimum Gasteiger partial charge on any atom is -0.242 e. The summed E-state index contributed by atoms with van der Waals surface area (Å²) < 4.78 is 10.5. The predicted molar refractivity (Wildman–Crippen MR) is 47.5 cm³/mol. The van der Waals surface area contributed by atoms with Gasteiger partial charge in [-0.2, -0.15) is 0 Å². The van der Waals surface area contributed by atoms with E-state index in [1.807, 2.05) is 19.9 Å². The Kier molecular flexibility index (Phi) is 4.22. The molecule has 0 aliphatic carbocycles. The van der Waals surface area contributed by atoms with Gasteiger partial charge in [0.05, 0.1) is 4.75 Å². The Bertz CT molecular complexity index is 143. The van der Waals surface area contributed by atoms with Crippen molar-refractivity contribution in [1.82, 2.24) is 0 Å². The summed E-state index contributed by atoms with van der Waals surface area (Å²) in [5.74, 6) is 0. The quantitative estimate of drug-likeness (QED) is 0.480. The molecule has 0 amide bonds. The van der Waals surface area contributed by atoms with E-state index in [1.54, 1.807) is 0 Å². The van der Waals surface area contributed by atoms with Crippen LogP contribution in [0.3, 0.4) is 0 Å². The summed E-state index contributed by atoms with van der Waals surface area (Å²) in [5, 5.41) is 0. The second-order valence-electron chi connectivity index (χ2n) is 2.81. The lowest BCUT2D eigenvalue weighted by Gasteiger charge is -2.17. The highest BCUT2D eigenvalue weighted by atomic mass is 35.7. The van der Waals surface area contributed by atoms with Gasteiger partial charge in [-0.25, -0.2) is 4.21 Å². The van der Waals surface area contributed by atoms with Crippen LogP contribution >= 0.6 is 10.7 Å². The molecular weight excluding hydrogens is 168 g/mol. The van der Waals surface area contributed by atoms with Crippen LogP contribution in [-0.4, -0.2) is 8.96 Å². The SMILES string of the molecule is C=CCCC(C)(C)[S@@](=O)Cl. The van der Waals surface area contributed by atoms with Crippen LogP contribution in [0.4, 0.5) is 0 Å². The highest BCUT2D eigenvalue weighted by molar-refractivity contribution is 8.09. The number of halogens is 1. The average molecular weight is 181 g/mol. The van der Waals surface area contributed by atoms with Crippen LogP contribution in [0.5, 0.6) is 0 Å². The molecule has 0 aliphatic heterocycles. The van der Waals surface area contributed by atoms with E-state index in [2.05, 4.69) is 6.58 Å². The molecule has 0 fully saturated rings. The third-order valence-corrected chi connectivity index (χ3v) is 3.71. The van der Waals surface area contributed by atoms with E-state index in [-0.39, 0.29) is 4.75 Å². The van der Waals surface area contributed by atoms with Crippen LogP contribution < -0.4 is 0 Å². The van der Waals surface area contributed by atoms with Gasteiger partial charge in [-0.1, -0.05) is 6.08 Å². The van der Waals surface area contributed by atoms with Crippen LogP contribution in [0.1, 0.15) is 26.7 Å². The number of hydrogen-bond acceptors (Lipinski definition) is 1. The number of allylic oxidation sites excluding steroid dienone is 1. The van der Waals surface area contributed by atoms with E-state index >= 15 is 0 Å². The molecule has 0 aromatic heterocycles. The van der Waals surface area contributed by atoms with Crippen LogP contribution in [0.15, 0.2) is 12.7 Å². The van der Waals surface area contributed by atoms with Gasteiger partial charge in [-0.05, 0) is 37.4 Å². The van der Waals surface area contributed by atoms with Crippen molar-refractivity contribution in [2.45, 2.75) is 31.4 Å². The summed E-state index contributed by atoms with van der Waals surface area (Å²) in [6, 6.07) is 0. The average Bonchev–Trinajstić information content (AvgIpc) is 1.84. The van der Waals surface area contributed by atoms with Crippen LogP contribution in [0.2, 0.25) is 0 Å². The Morgan fingerprint density at radius 1 is 1.70 bits per heavy atom. The first-order valence-corrected chi connectivity index (χ1v) is 5.17. The first-order chi connectivity index (χ1) is 4.50. The van der Waals surface area contributed by atoms with Crippen molar-refractivity contribution in [3.05, 3.63) is 12.7 Å². The van der Waals surface area contributed by atoms with Gasteiger partial charge >= 0.3 is 0 Å². The Balaban J connectivity index is 3.86. The van der Waals surface area contributed by atoms with Gasteiger partial charge in [0.2, 0.25) is 0 Å². The maximum absolute atomic E-state index is 10.8. The molecule has 0 unspecified atom stereocenters.